The normalized spacial score (nSPS) is 16.0. The van der Waals surface area contributed by atoms with Crippen LogP contribution in [0.3, 0.4) is 0 Å². The van der Waals surface area contributed by atoms with Crippen LogP contribution < -0.4 is 10.1 Å². The summed E-state index contributed by atoms with van der Waals surface area (Å²) in [5.74, 6) is 0.955. The van der Waals surface area contributed by atoms with Crippen LogP contribution >= 0.6 is 0 Å². The number of carbonyl (C=O) groups is 1. The standard InChI is InChI=1S/C19H29NO3/c1-14-6-7-15(12-16(14)23-4)19(9-10-19)17(22)20-11-5-8-18(2,3)13-21/h6-7,12,21H,5,8-11,13H2,1-4H3,(H,20,22). The SMILES string of the molecule is COc1cc(C2(C(=O)NCCCC(C)(C)CO)CC2)ccc1C. The lowest BCUT2D eigenvalue weighted by molar-refractivity contribution is -0.123. The molecule has 0 unspecified atom stereocenters. The third-order valence-corrected chi connectivity index (χ3v) is 4.89. The Morgan fingerprint density at radius 1 is 1.39 bits per heavy atom. The first kappa shape index (κ1) is 17.8. The minimum Gasteiger partial charge on any atom is -0.496 e. The molecule has 1 fully saturated rings. The number of hydrogen-bond donors (Lipinski definition) is 2. The fraction of sp³-hybridized carbons (Fsp3) is 0.632. The van der Waals surface area contributed by atoms with Gasteiger partial charge in [0.1, 0.15) is 5.75 Å². The maximum Gasteiger partial charge on any atom is 0.230 e. The van der Waals surface area contributed by atoms with E-state index in [0.29, 0.717) is 6.54 Å². The van der Waals surface area contributed by atoms with Crippen molar-refractivity contribution in [1.29, 1.82) is 0 Å². The molecule has 128 valence electrons. The molecule has 0 radical (unpaired) electrons. The summed E-state index contributed by atoms with van der Waals surface area (Å²) in [5.41, 5.74) is 1.69. The highest BCUT2D eigenvalue weighted by Crippen LogP contribution is 2.49. The molecule has 0 heterocycles. The molecule has 1 aromatic rings. The zero-order valence-electron chi connectivity index (χ0n) is 14.7. The van der Waals surface area contributed by atoms with Gasteiger partial charge < -0.3 is 15.2 Å². The maximum atomic E-state index is 12.6. The zero-order valence-corrected chi connectivity index (χ0v) is 14.7. The highest BCUT2D eigenvalue weighted by atomic mass is 16.5. The molecular formula is C19H29NO3. The van der Waals surface area contributed by atoms with Crippen molar-refractivity contribution < 1.29 is 14.6 Å². The smallest absolute Gasteiger partial charge is 0.230 e. The molecule has 0 bridgehead atoms. The van der Waals surface area contributed by atoms with Crippen molar-refractivity contribution in [2.24, 2.45) is 5.41 Å². The van der Waals surface area contributed by atoms with Gasteiger partial charge in [0.25, 0.3) is 0 Å². The minimum absolute atomic E-state index is 0.0771. The summed E-state index contributed by atoms with van der Waals surface area (Å²) in [5, 5.41) is 12.3. The molecule has 0 aromatic heterocycles. The van der Waals surface area contributed by atoms with Gasteiger partial charge in [0.05, 0.1) is 12.5 Å². The zero-order chi connectivity index (χ0) is 17.1. The first-order chi connectivity index (χ1) is 10.8. The molecule has 1 aliphatic carbocycles. The summed E-state index contributed by atoms with van der Waals surface area (Å²) in [6.45, 7) is 6.91. The van der Waals surface area contributed by atoms with Crippen LogP contribution in [0.4, 0.5) is 0 Å². The van der Waals surface area contributed by atoms with Crippen molar-refractivity contribution in [2.75, 3.05) is 20.3 Å². The second kappa shape index (κ2) is 6.91. The molecule has 4 nitrogen and oxygen atoms in total. The molecule has 4 heteroatoms. The topological polar surface area (TPSA) is 58.6 Å². The molecule has 0 aliphatic heterocycles. The molecule has 1 amide bonds. The largest absolute Gasteiger partial charge is 0.496 e. The van der Waals surface area contributed by atoms with Crippen LogP contribution in [0.2, 0.25) is 0 Å². The van der Waals surface area contributed by atoms with Crippen molar-refractivity contribution in [1.82, 2.24) is 5.32 Å². The minimum atomic E-state index is -0.368. The molecule has 0 saturated heterocycles. The predicted molar refractivity (Wildman–Crippen MR) is 91.8 cm³/mol. The lowest BCUT2D eigenvalue weighted by Gasteiger charge is -2.22. The molecule has 1 aliphatic rings. The Hall–Kier alpha value is -1.55. The average molecular weight is 319 g/mol. The summed E-state index contributed by atoms with van der Waals surface area (Å²) in [6.07, 6.45) is 3.57. The summed E-state index contributed by atoms with van der Waals surface area (Å²) < 4.78 is 5.38. The Morgan fingerprint density at radius 3 is 2.65 bits per heavy atom. The van der Waals surface area contributed by atoms with E-state index in [1.54, 1.807) is 7.11 Å². The summed E-state index contributed by atoms with van der Waals surface area (Å²) in [6, 6.07) is 6.06. The number of carbonyl (C=O) groups excluding carboxylic acids is 1. The number of hydrogen-bond acceptors (Lipinski definition) is 3. The van der Waals surface area contributed by atoms with E-state index in [1.807, 2.05) is 39.0 Å². The van der Waals surface area contributed by atoms with Crippen molar-refractivity contribution >= 4 is 5.91 Å². The van der Waals surface area contributed by atoms with Gasteiger partial charge in [0.15, 0.2) is 0 Å². The Morgan fingerprint density at radius 2 is 2.09 bits per heavy atom. The van der Waals surface area contributed by atoms with Gasteiger partial charge in [-0.2, -0.15) is 0 Å². The van der Waals surface area contributed by atoms with Gasteiger partial charge >= 0.3 is 0 Å². The van der Waals surface area contributed by atoms with Gasteiger partial charge in [-0.25, -0.2) is 0 Å². The lowest BCUT2D eigenvalue weighted by atomic mass is 9.89. The first-order valence-corrected chi connectivity index (χ1v) is 8.39. The number of aliphatic hydroxyl groups is 1. The van der Waals surface area contributed by atoms with Gasteiger partial charge in [0, 0.05) is 13.2 Å². The van der Waals surface area contributed by atoms with E-state index in [-0.39, 0.29) is 23.3 Å². The van der Waals surface area contributed by atoms with E-state index < -0.39 is 0 Å². The van der Waals surface area contributed by atoms with E-state index >= 15 is 0 Å². The van der Waals surface area contributed by atoms with Crippen LogP contribution in [0.1, 0.15) is 50.7 Å². The van der Waals surface area contributed by atoms with Crippen molar-refractivity contribution in [3.63, 3.8) is 0 Å². The van der Waals surface area contributed by atoms with Crippen LogP contribution in [0.5, 0.6) is 5.75 Å². The van der Waals surface area contributed by atoms with Crippen LogP contribution in [0.25, 0.3) is 0 Å². The van der Waals surface area contributed by atoms with Gasteiger partial charge in [-0.05, 0) is 55.2 Å². The Kier molecular flexibility index (Phi) is 5.35. The number of nitrogens with one attached hydrogen (secondary N) is 1. The van der Waals surface area contributed by atoms with Gasteiger partial charge in [-0.15, -0.1) is 0 Å². The number of aryl methyl sites for hydroxylation is 1. The van der Waals surface area contributed by atoms with Gasteiger partial charge in [-0.3, -0.25) is 4.79 Å². The first-order valence-electron chi connectivity index (χ1n) is 8.39. The third kappa shape index (κ3) is 4.05. The Bertz CT molecular complexity index is 562. The van der Waals surface area contributed by atoms with Crippen LogP contribution in [0.15, 0.2) is 18.2 Å². The van der Waals surface area contributed by atoms with Crippen molar-refractivity contribution in [3.05, 3.63) is 29.3 Å². The Balaban J connectivity index is 1.94. The summed E-state index contributed by atoms with van der Waals surface area (Å²) >= 11 is 0. The monoisotopic (exact) mass is 319 g/mol. The molecule has 0 spiro atoms. The molecule has 23 heavy (non-hydrogen) atoms. The summed E-state index contributed by atoms with van der Waals surface area (Å²) in [7, 11) is 1.66. The quantitative estimate of drug-likeness (QED) is 0.724. The number of benzene rings is 1. The van der Waals surface area contributed by atoms with Crippen LogP contribution in [-0.4, -0.2) is 31.3 Å². The number of rotatable bonds is 8. The van der Waals surface area contributed by atoms with E-state index in [9.17, 15) is 9.90 Å². The van der Waals surface area contributed by atoms with Gasteiger partial charge in [-0.1, -0.05) is 26.0 Å². The number of amides is 1. The van der Waals surface area contributed by atoms with Crippen LogP contribution in [0, 0.1) is 12.3 Å². The number of methoxy groups -OCH3 is 1. The summed E-state index contributed by atoms with van der Waals surface area (Å²) in [4.78, 5) is 12.6. The molecule has 1 saturated carbocycles. The average Bonchev–Trinajstić information content (AvgIpc) is 3.33. The fourth-order valence-corrected chi connectivity index (χ4v) is 2.91. The highest BCUT2D eigenvalue weighted by Gasteiger charge is 2.51. The number of ether oxygens (including phenoxy) is 1. The van der Waals surface area contributed by atoms with E-state index in [1.165, 1.54) is 0 Å². The molecule has 2 N–H and O–H groups in total. The molecule has 1 aromatic carbocycles. The van der Waals surface area contributed by atoms with E-state index in [0.717, 1.165) is 42.6 Å². The highest BCUT2D eigenvalue weighted by molar-refractivity contribution is 5.91. The fourth-order valence-electron chi connectivity index (χ4n) is 2.91. The number of aliphatic hydroxyl groups excluding tert-OH is 1. The lowest BCUT2D eigenvalue weighted by Crippen LogP contribution is -2.35. The second-order valence-corrected chi connectivity index (χ2v) is 7.45. The Labute approximate surface area is 139 Å². The molecule has 2 rings (SSSR count). The molecular weight excluding hydrogens is 290 g/mol. The second-order valence-electron chi connectivity index (χ2n) is 7.45. The third-order valence-electron chi connectivity index (χ3n) is 4.89. The maximum absolute atomic E-state index is 12.6. The van der Waals surface area contributed by atoms with Gasteiger partial charge in [0.2, 0.25) is 5.91 Å². The predicted octanol–water partition coefficient (Wildman–Crippen LogP) is 2.95. The van der Waals surface area contributed by atoms with E-state index in [2.05, 4.69) is 5.32 Å². The van der Waals surface area contributed by atoms with Crippen molar-refractivity contribution in [3.8, 4) is 5.75 Å². The van der Waals surface area contributed by atoms with E-state index in [4.69, 9.17) is 4.74 Å². The molecule has 0 atom stereocenters. The van der Waals surface area contributed by atoms with Crippen molar-refractivity contribution in [2.45, 2.75) is 51.9 Å². The van der Waals surface area contributed by atoms with Crippen LogP contribution in [-0.2, 0) is 10.2 Å².